The molecular formula is C20H19N3O3S. The fraction of sp³-hybridized carbons (Fsp3) is 0.300. The Morgan fingerprint density at radius 1 is 1.37 bits per heavy atom. The first-order valence-electron chi connectivity index (χ1n) is 8.76. The fourth-order valence-electron chi connectivity index (χ4n) is 3.07. The van der Waals surface area contributed by atoms with Gasteiger partial charge in [0.15, 0.2) is 0 Å². The van der Waals surface area contributed by atoms with Crippen molar-refractivity contribution in [1.82, 2.24) is 4.98 Å². The summed E-state index contributed by atoms with van der Waals surface area (Å²) < 4.78 is 0. The highest BCUT2D eigenvalue weighted by molar-refractivity contribution is 8.00. The quantitative estimate of drug-likeness (QED) is 0.741. The third-order valence-electron chi connectivity index (χ3n) is 4.47. The molecule has 1 heterocycles. The molecule has 138 valence electrons. The summed E-state index contributed by atoms with van der Waals surface area (Å²) in [5, 5.41) is 21.5. The molecule has 7 heteroatoms. The highest BCUT2D eigenvalue weighted by atomic mass is 32.2. The van der Waals surface area contributed by atoms with Crippen molar-refractivity contribution in [3.8, 4) is 6.07 Å². The van der Waals surface area contributed by atoms with Crippen LogP contribution in [0.5, 0.6) is 0 Å². The van der Waals surface area contributed by atoms with Crippen LogP contribution in [0.4, 0.5) is 5.69 Å². The predicted octanol–water partition coefficient (Wildman–Crippen LogP) is 3.65. The Balaban J connectivity index is 1.81. The van der Waals surface area contributed by atoms with Gasteiger partial charge in [0.05, 0.1) is 22.1 Å². The van der Waals surface area contributed by atoms with Crippen LogP contribution in [0.1, 0.15) is 46.9 Å². The molecule has 1 atom stereocenters. The molecule has 0 bridgehead atoms. The number of nitrogens with one attached hydrogen (secondary N) is 1. The maximum absolute atomic E-state index is 12.7. The van der Waals surface area contributed by atoms with E-state index >= 15 is 0 Å². The number of aryl methyl sites for hydroxylation is 2. The number of nitrogens with zero attached hydrogens (tertiary/aromatic N) is 2. The number of rotatable bonds is 6. The SMILES string of the molecule is CCC(Sc1nc2c(cc1C#N)CCC2)C(=O)Nc1ccccc1C(=O)O. The van der Waals surface area contributed by atoms with Crippen LogP contribution in [-0.2, 0) is 17.6 Å². The molecule has 0 radical (unpaired) electrons. The van der Waals surface area contributed by atoms with Crippen LogP contribution in [0.3, 0.4) is 0 Å². The summed E-state index contributed by atoms with van der Waals surface area (Å²) in [6, 6.07) is 10.3. The van der Waals surface area contributed by atoms with Gasteiger partial charge in [-0.15, -0.1) is 0 Å². The van der Waals surface area contributed by atoms with Gasteiger partial charge in [-0.25, -0.2) is 9.78 Å². The molecule has 2 aromatic rings. The summed E-state index contributed by atoms with van der Waals surface area (Å²) in [4.78, 5) is 28.7. The molecule has 3 rings (SSSR count). The molecule has 2 N–H and O–H groups in total. The summed E-state index contributed by atoms with van der Waals surface area (Å²) in [6.45, 7) is 1.87. The van der Waals surface area contributed by atoms with Gasteiger partial charge in [0.2, 0.25) is 5.91 Å². The second-order valence-electron chi connectivity index (χ2n) is 6.27. The van der Waals surface area contributed by atoms with Crippen molar-refractivity contribution in [3.63, 3.8) is 0 Å². The number of carboxylic acids is 1. The number of benzene rings is 1. The van der Waals surface area contributed by atoms with E-state index in [4.69, 9.17) is 0 Å². The minimum absolute atomic E-state index is 0.0408. The van der Waals surface area contributed by atoms with Crippen LogP contribution in [0.2, 0.25) is 0 Å². The lowest BCUT2D eigenvalue weighted by atomic mass is 10.1. The van der Waals surface area contributed by atoms with Crippen molar-refractivity contribution in [1.29, 1.82) is 5.26 Å². The minimum atomic E-state index is -1.10. The van der Waals surface area contributed by atoms with Crippen LogP contribution in [0.25, 0.3) is 0 Å². The van der Waals surface area contributed by atoms with E-state index in [0.717, 1.165) is 30.5 Å². The molecule has 1 unspecified atom stereocenters. The van der Waals surface area contributed by atoms with Crippen molar-refractivity contribution in [2.75, 3.05) is 5.32 Å². The Morgan fingerprint density at radius 3 is 2.85 bits per heavy atom. The molecule has 27 heavy (non-hydrogen) atoms. The van der Waals surface area contributed by atoms with E-state index in [1.54, 1.807) is 18.2 Å². The van der Waals surface area contributed by atoms with Gasteiger partial charge in [-0.3, -0.25) is 4.79 Å². The first kappa shape index (κ1) is 18.9. The first-order valence-corrected chi connectivity index (χ1v) is 9.64. The average molecular weight is 381 g/mol. The zero-order chi connectivity index (χ0) is 19.4. The third kappa shape index (κ3) is 4.12. The topological polar surface area (TPSA) is 103 Å². The van der Waals surface area contributed by atoms with Gasteiger partial charge in [-0.05, 0) is 49.4 Å². The van der Waals surface area contributed by atoms with Crippen molar-refractivity contribution in [2.24, 2.45) is 0 Å². The van der Waals surface area contributed by atoms with E-state index in [1.165, 1.54) is 17.8 Å². The van der Waals surface area contributed by atoms with E-state index in [-0.39, 0.29) is 17.2 Å². The number of aromatic carboxylic acids is 1. The van der Waals surface area contributed by atoms with Gasteiger partial charge in [0.25, 0.3) is 0 Å². The van der Waals surface area contributed by atoms with E-state index in [0.29, 0.717) is 17.0 Å². The first-order chi connectivity index (χ1) is 13.0. The molecule has 0 aliphatic heterocycles. The largest absolute Gasteiger partial charge is 0.478 e. The molecule has 1 aromatic carbocycles. The molecule has 1 amide bonds. The number of anilines is 1. The number of fused-ring (bicyclic) bond motifs is 1. The van der Waals surface area contributed by atoms with Crippen LogP contribution < -0.4 is 5.32 Å². The third-order valence-corrected chi connectivity index (χ3v) is 5.84. The predicted molar refractivity (Wildman–Crippen MR) is 103 cm³/mol. The second kappa shape index (κ2) is 8.23. The van der Waals surface area contributed by atoms with Crippen molar-refractivity contribution in [2.45, 2.75) is 42.9 Å². The van der Waals surface area contributed by atoms with Gasteiger partial charge < -0.3 is 10.4 Å². The molecule has 0 fully saturated rings. The normalized spacial score (nSPS) is 13.5. The lowest BCUT2D eigenvalue weighted by molar-refractivity contribution is -0.115. The number of pyridine rings is 1. The number of thioether (sulfide) groups is 1. The number of carbonyl (C=O) groups is 2. The van der Waals surface area contributed by atoms with Crippen molar-refractivity contribution < 1.29 is 14.7 Å². The number of hydrogen-bond acceptors (Lipinski definition) is 5. The van der Waals surface area contributed by atoms with Crippen molar-refractivity contribution in [3.05, 3.63) is 52.7 Å². The Bertz CT molecular complexity index is 937. The van der Waals surface area contributed by atoms with Crippen molar-refractivity contribution >= 4 is 29.3 Å². The highest BCUT2D eigenvalue weighted by Gasteiger charge is 2.24. The Kier molecular flexibility index (Phi) is 5.77. The van der Waals surface area contributed by atoms with E-state index in [1.807, 2.05) is 13.0 Å². The van der Waals surface area contributed by atoms with Gasteiger partial charge in [0.1, 0.15) is 11.1 Å². The molecule has 6 nitrogen and oxygen atoms in total. The smallest absolute Gasteiger partial charge is 0.337 e. The number of hydrogen-bond donors (Lipinski definition) is 2. The number of amides is 1. The summed E-state index contributed by atoms with van der Waals surface area (Å²) >= 11 is 1.25. The van der Waals surface area contributed by atoms with Crippen LogP contribution in [-0.4, -0.2) is 27.2 Å². The summed E-state index contributed by atoms with van der Waals surface area (Å²) in [5.74, 6) is -1.40. The number of aromatic nitrogens is 1. The zero-order valence-electron chi connectivity index (χ0n) is 14.9. The van der Waals surface area contributed by atoms with E-state index in [9.17, 15) is 20.0 Å². The summed E-state index contributed by atoms with van der Waals surface area (Å²) in [5.41, 5.74) is 2.90. The maximum atomic E-state index is 12.7. The summed E-state index contributed by atoms with van der Waals surface area (Å²) in [6.07, 6.45) is 3.38. The molecule has 0 saturated carbocycles. The molecule has 1 aliphatic carbocycles. The monoisotopic (exact) mass is 381 g/mol. The van der Waals surface area contributed by atoms with Crippen LogP contribution in [0, 0.1) is 11.3 Å². The summed E-state index contributed by atoms with van der Waals surface area (Å²) in [7, 11) is 0. The Morgan fingerprint density at radius 2 is 2.15 bits per heavy atom. The number of para-hydroxylation sites is 1. The van der Waals surface area contributed by atoms with E-state index in [2.05, 4.69) is 16.4 Å². The number of carbonyl (C=O) groups excluding carboxylic acids is 1. The Labute approximate surface area is 161 Å². The second-order valence-corrected chi connectivity index (χ2v) is 7.46. The lowest BCUT2D eigenvalue weighted by Gasteiger charge is -2.16. The molecule has 0 saturated heterocycles. The lowest BCUT2D eigenvalue weighted by Crippen LogP contribution is -2.25. The zero-order valence-corrected chi connectivity index (χ0v) is 15.7. The van der Waals surface area contributed by atoms with Crippen LogP contribution in [0.15, 0.2) is 35.4 Å². The van der Waals surface area contributed by atoms with E-state index < -0.39 is 11.2 Å². The fourth-order valence-corrected chi connectivity index (χ4v) is 4.07. The minimum Gasteiger partial charge on any atom is -0.478 e. The standard InChI is InChI=1S/C20H19N3O3S/c1-2-17(18(24)22-16-8-4-3-7-14(16)20(25)26)27-19-13(11-21)10-12-6-5-9-15(12)23-19/h3-4,7-8,10,17H,2,5-6,9H2,1H3,(H,22,24)(H,25,26). The molecule has 1 aromatic heterocycles. The van der Waals surface area contributed by atoms with Crippen LogP contribution >= 0.6 is 11.8 Å². The molecule has 1 aliphatic rings. The average Bonchev–Trinajstić information content (AvgIpc) is 3.12. The molecular weight excluding hydrogens is 362 g/mol. The van der Waals surface area contributed by atoms with Gasteiger partial charge >= 0.3 is 5.97 Å². The van der Waals surface area contributed by atoms with Gasteiger partial charge in [-0.2, -0.15) is 5.26 Å². The van der Waals surface area contributed by atoms with Gasteiger partial charge in [-0.1, -0.05) is 30.8 Å². The van der Waals surface area contributed by atoms with Gasteiger partial charge in [0, 0.05) is 5.69 Å². The highest BCUT2D eigenvalue weighted by Crippen LogP contribution is 2.32. The number of nitriles is 1. The number of carboxylic acid groups (broad SMARTS) is 1. The maximum Gasteiger partial charge on any atom is 0.337 e. The molecule has 0 spiro atoms. The Hall–Kier alpha value is -2.85.